The van der Waals surface area contributed by atoms with E-state index in [2.05, 4.69) is 40.3 Å². The number of aromatic nitrogens is 5. The maximum absolute atomic E-state index is 5.04. The van der Waals surface area contributed by atoms with Crippen LogP contribution in [0.5, 0.6) is 0 Å². The largest absolute Gasteiger partial charge is 0.340 e. The molecule has 0 radical (unpaired) electrons. The quantitative estimate of drug-likeness (QED) is 0.534. The Hall–Kier alpha value is -2.95. The Balaban J connectivity index is 1.54. The van der Waals surface area contributed by atoms with E-state index in [0.717, 1.165) is 54.1 Å². The van der Waals surface area contributed by atoms with Gasteiger partial charge in [0.2, 0.25) is 0 Å². The molecule has 0 saturated carbocycles. The number of nitrogens with zero attached hydrogens (tertiary/aromatic N) is 3. The Labute approximate surface area is 163 Å². The summed E-state index contributed by atoms with van der Waals surface area (Å²) in [5.41, 5.74) is 6.82. The van der Waals surface area contributed by atoms with Crippen molar-refractivity contribution in [2.75, 3.05) is 0 Å². The third kappa shape index (κ3) is 2.57. The third-order valence-electron chi connectivity index (χ3n) is 6.12. The molecule has 2 N–H and O–H groups in total. The average molecular weight is 369 g/mol. The number of pyridine rings is 1. The van der Waals surface area contributed by atoms with Crippen LogP contribution in [0.2, 0.25) is 0 Å². The van der Waals surface area contributed by atoms with E-state index < -0.39 is 0 Å². The maximum Gasteiger partial charge on any atom is 0.157 e. The minimum Gasteiger partial charge on any atom is -0.340 e. The number of hydrogen-bond donors (Lipinski definition) is 2. The molecule has 6 rings (SSSR count). The summed E-state index contributed by atoms with van der Waals surface area (Å²) in [5, 5.41) is 2.31. The number of benzene rings is 1. The van der Waals surface area contributed by atoms with E-state index in [4.69, 9.17) is 15.0 Å². The number of aromatic amines is 2. The second-order valence-corrected chi connectivity index (χ2v) is 8.01. The summed E-state index contributed by atoms with van der Waals surface area (Å²) in [6.45, 7) is 0. The van der Waals surface area contributed by atoms with Crippen molar-refractivity contribution in [3.05, 3.63) is 53.1 Å². The fourth-order valence-electron chi connectivity index (χ4n) is 4.64. The van der Waals surface area contributed by atoms with E-state index in [-0.39, 0.29) is 0 Å². The van der Waals surface area contributed by atoms with Crippen molar-refractivity contribution in [2.45, 2.75) is 51.4 Å². The molecular formula is C23H23N5. The van der Waals surface area contributed by atoms with Crippen LogP contribution >= 0.6 is 0 Å². The smallest absolute Gasteiger partial charge is 0.157 e. The first kappa shape index (κ1) is 16.0. The highest BCUT2D eigenvalue weighted by atomic mass is 15.0. The molecule has 5 nitrogen and oxygen atoms in total. The lowest BCUT2D eigenvalue weighted by Crippen LogP contribution is -2.00. The lowest BCUT2D eigenvalue weighted by molar-refractivity contribution is 0.667. The van der Waals surface area contributed by atoms with Crippen molar-refractivity contribution in [3.63, 3.8) is 0 Å². The molecule has 0 aliphatic heterocycles. The first-order chi connectivity index (χ1) is 13.8. The van der Waals surface area contributed by atoms with Crippen LogP contribution in [0.25, 0.3) is 33.8 Å². The predicted molar refractivity (Wildman–Crippen MR) is 110 cm³/mol. The van der Waals surface area contributed by atoms with Crippen LogP contribution in [0.3, 0.4) is 0 Å². The lowest BCUT2D eigenvalue weighted by atomic mass is 10.0. The zero-order valence-corrected chi connectivity index (χ0v) is 15.9. The summed E-state index contributed by atoms with van der Waals surface area (Å²) in [6, 6.07) is 10.6. The first-order valence-corrected chi connectivity index (χ1v) is 10.4. The van der Waals surface area contributed by atoms with Crippen LogP contribution < -0.4 is 0 Å². The molecule has 0 atom stereocenters. The number of H-pyrrole nitrogens is 2. The fourth-order valence-corrected chi connectivity index (χ4v) is 4.64. The topological polar surface area (TPSA) is 70.2 Å². The van der Waals surface area contributed by atoms with Crippen LogP contribution in [0.1, 0.15) is 48.5 Å². The number of hydrogen-bond acceptors (Lipinski definition) is 3. The van der Waals surface area contributed by atoms with Crippen LogP contribution in [0.4, 0.5) is 0 Å². The van der Waals surface area contributed by atoms with E-state index in [1.54, 1.807) is 0 Å². The lowest BCUT2D eigenvalue weighted by Gasteiger charge is -2.07. The summed E-state index contributed by atoms with van der Waals surface area (Å²) >= 11 is 0. The summed E-state index contributed by atoms with van der Waals surface area (Å²) < 4.78 is 0. The van der Waals surface area contributed by atoms with Gasteiger partial charge >= 0.3 is 0 Å². The van der Waals surface area contributed by atoms with E-state index in [9.17, 15) is 0 Å². The highest BCUT2D eigenvalue weighted by Crippen LogP contribution is 2.32. The van der Waals surface area contributed by atoms with Gasteiger partial charge in [0.05, 0.1) is 11.4 Å². The molecule has 140 valence electrons. The number of imidazole rings is 2. The Kier molecular flexibility index (Phi) is 3.61. The van der Waals surface area contributed by atoms with Crippen molar-refractivity contribution < 1.29 is 0 Å². The minimum atomic E-state index is 0.884. The van der Waals surface area contributed by atoms with Gasteiger partial charge in [-0.15, -0.1) is 0 Å². The second-order valence-electron chi connectivity index (χ2n) is 8.01. The molecule has 0 saturated heterocycles. The molecule has 4 aromatic rings. The Bertz CT molecular complexity index is 1140. The average Bonchev–Trinajstić information content (AvgIpc) is 3.37. The molecule has 5 heteroatoms. The normalized spacial score (nSPS) is 16.1. The minimum absolute atomic E-state index is 0.884. The molecule has 0 amide bonds. The van der Waals surface area contributed by atoms with Gasteiger partial charge in [-0.1, -0.05) is 24.3 Å². The molecule has 0 bridgehead atoms. The van der Waals surface area contributed by atoms with Gasteiger partial charge in [0, 0.05) is 16.8 Å². The first-order valence-electron chi connectivity index (χ1n) is 10.4. The Morgan fingerprint density at radius 3 is 2.07 bits per heavy atom. The van der Waals surface area contributed by atoms with Gasteiger partial charge in [0.15, 0.2) is 11.6 Å². The number of nitrogens with one attached hydrogen (secondary N) is 2. The summed E-state index contributed by atoms with van der Waals surface area (Å²) in [5.74, 6) is 1.77. The van der Waals surface area contributed by atoms with Crippen molar-refractivity contribution in [3.8, 4) is 23.0 Å². The van der Waals surface area contributed by atoms with Gasteiger partial charge in [-0.25, -0.2) is 15.0 Å². The van der Waals surface area contributed by atoms with Crippen molar-refractivity contribution in [1.82, 2.24) is 24.9 Å². The highest BCUT2D eigenvalue weighted by Gasteiger charge is 2.20. The summed E-state index contributed by atoms with van der Waals surface area (Å²) in [6.07, 6.45) is 9.24. The Morgan fingerprint density at radius 2 is 1.32 bits per heavy atom. The maximum atomic E-state index is 5.04. The van der Waals surface area contributed by atoms with Crippen molar-refractivity contribution in [2.24, 2.45) is 0 Å². The van der Waals surface area contributed by atoms with Crippen LogP contribution in [-0.2, 0) is 25.7 Å². The van der Waals surface area contributed by atoms with Crippen LogP contribution in [0, 0.1) is 0 Å². The zero-order chi connectivity index (χ0) is 18.5. The predicted octanol–water partition coefficient (Wildman–Crippen LogP) is 4.77. The summed E-state index contributed by atoms with van der Waals surface area (Å²) in [4.78, 5) is 21.9. The third-order valence-corrected chi connectivity index (χ3v) is 6.12. The molecule has 0 spiro atoms. The number of fused-ring (bicyclic) bond motifs is 3. The van der Waals surface area contributed by atoms with Crippen molar-refractivity contribution >= 4 is 10.8 Å². The van der Waals surface area contributed by atoms with Gasteiger partial charge in [-0.2, -0.15) is 0 Å². The van der Waals surface area contributed by atoms with E-state index in [1.807, 2.05) is 0 Å². The van der Waals surface area contributed by atoms with E-state index in [1.165, 1.54) is 53.8 Å². The monoisotopic (exact) mass is 369 g/mol. The molecule has 3 aromatic heterocycles. The molecule has 2 aliphatic rings. The van der Waals surface area contributed by atoms with Crippen LogP contribution in [-0.4, -0.2) is 24.9 Å². The van der Waals surface area contributed by atoms with Gasteiger partial charge < -0.3 is 9.97 Å². The standard InChI is InChI=1S/C23H23N5/c1-2-8-15-14(7-1)13-20(22-25-16-9-3-4-10-17(16)26-22)24-21(15)23-27-18-11-5-6-12-19(18)28-23/h1-2,7-8,13H,3-6,9-12H2,(H,25,26)(H,27,28). The number of rotatable bonds is 2. The van der Waals surface area contributed by atoms with Gasteiger partial charge in [0.1, 0.15) is 11.4 Å². The molecule has 0 unspecified atom stereocenters. The highest BCUT2D eigenvalue weighted by molar-refractivity contribution is 5.95. The molecule has 1 aromatic carbocycles. The zero-order valence-electron chi connectivity index (χ0n) is 15.9. The number of aryl methyl sites for hydroxylation is 4. The van der Waals surface area contributed by atoms with E-state index >= 15 is 0 Å². The molecular weight excluding hydrogens is 346 g/mol. The van der Waals surface area contributed by atoms with Crippen LogP contribution in [0.15, 0.2) is 30.3 Å². The molecule has 28 heavy (non-hydrogen) atoms. The SMILES string of the molecule is c1ccc2c(-c3nc4c([nH]3)CCCC4)nc(-c3nc4c([nH]3)CCCC4)cc2c1. The second kappa shape index (κ2) is 6.30. The van der Waals surface area contributed by atoms with Gasteiger partial charge in [-0.3, -0.25) is 0 Å². The fraction of sp³-hybridized carbons (Fsp3) is 0.348. The van der Waals surface area contributed by atoms with Crippen molar-refractivity contribution in [1.29, 1.82) is 0 Å². The van der Waals surface area contributed by atoms with Gasteiger partial charge in [-0.05, 0) is 62.8 Å². The molecule has 2 aliphatic carbocycles. The summed E-state index contributed by atoms with van der Waals surface area (Å²) in [7, 11) is 0. The Morgan fingerprint density at radius 1 is 0.679 bits per heavy atom. The van der Waals surface area contributed by atoms with Gasteiger partial charge in [0.25, 0.3) is 0 Å². The van der Waals surface area contributed by atoms with E-state index in [0.29, 0.717) is 0 Å². The molecule has 0 fully saturated rings. The molecule has 3 heterocycles.